The Hall–Kier alpha value is -1.84. The van der Waals surface area contributed by atoms with E-state index in [1.807, 2.05) is 19.9 Å². The molecule has 4 heteroatoms. The summed E-state index contributed by atoms with van der Waals surface area (Å²) in [6, 6.07) is 0. The first-order chi connectivity index (χ1) is 8.54. The molecule has 0 fully saturated rings. The van der Waals surface area contributed by atoms with Gasteiger partial charge in [0, 0.05) is 5.57 Å². The third-order valence-electron chi connectivity index (χ3n) is 2.87. The molecule has 0 heterocycles. The molecule has 0 aromatic carbocycles. The summed E-state index contributed by atoms with van der Waals surface area (Å²) < 4.78 is 9.86. The van der Waals surface area contributed by atoms with E-state index in [2.05, 4.69) is 0 Å². The summed E-state index contributed by atoms with van der Waals surface area (Å²) in [6.07, 6.45) is 4.63. The number of hydrogen-bond donors (Lipinski definition) is 0. The second-order valence-corrected chi connectivity index (χ2v) is 4.04. The molecule has 0 spiro atoms. The largest absolute Gasteiger partial charge is 0.490 e. The van der Waals surface area contributed by atoms with Crippen LogP contribution in [0.4, 0.5) is 0 Å². The zero-order valence-electron chi connectivity index (χ0n) is 11.2. The molecule has 98 valence electrons. The Labute approximate surface area is 107 Å². The predicted octanol–water partition coefficient (Wildman–Crippen LogP) is 2.32. The van der Waals surface area contributed by atoms with Gasteiger partial charge in [0.1, 0.15) is 0 Å². The van der Waals surface area contributed by atoms with Crippen LogP contribution in [0.15, 0.2) is 34.8 Å². The number of methoxy groups -OCH3 is 2. The van der Waals surface area contributed by atoms with Crippen molar-refractivity contribution in [3.05, 3.63) is 34.8 Å². The average Bonchev–Trinajstić information content (AvgIpc) is 2.38. The van der Waals surface area contributed by atoms with Crippen LogP contribution in [0.2, 0.25) is 0 Å². The van der Waals surface area contributed by atoms with E-state index in [1.165, 1.54) is 25.9 Å². The number of ketones is 2. The van der Waals surface area contributed by atoms with Crippen LogP contribution in [0.3, 0.4) is 0 Å². The Morgan fingerprint density at radius 3 is 2.33 bits per heavy atom. The fourth-order valence-electron chi connectivity index (χ4n) is 1.61. The highest BCUT2D eigenvalue weighted by atomic mass is 16.5. The van der Waals surface area contributed by atoms with Gasteiger partial charge in [-0.05, 0) is 25.8 Å². The number of hydrogen-bond acceptors (Lipinski definition) is 4. The minimum absolute atomic E-state index is 0.0115. The second kappa shape index (κ2) is 6.19. The lowest BCUT2D eigenvalue weighted by atomic mass is 9.96. The van der Waals surface area contributed by atoms with Crippen LogP contribution in [0, 0.1) is 0 Å². The van der Waals surface area contributed by atoms with Crippen molar-refractivity contribution in [2.45, 2.75) is 26.7 Å². The number of Topliss-reactive ketones (excluding diaryl/α,β-unsaturated/α-hetero) is 1. The first-order valence-electron chi connectivity index (χ1n) is 5.82. The predicted molar refractivity (Wildman–Crippen MR) is 67.8 cm³/mol. The van der Waals surface area contributed by atoms with Gasteiger partial charge in [-0.1, -0.05) is 18.6 Å². The van der Waals surface area contributed by atoms with Gasteiger partial charge in [0.15, 0.2) is 0 Å². The first kappa shape index (κ1) is 14.2. The zero-order valence-corrected chi connectivity index (χ0v) is 11.2. The van der Waals surface area contributed by atoms with Gasteiger partial charge in [-0.25, -0.2) is 0 Å². The van der Waals surface area contributed by atoms with Crippen LogP contribution in [-0.4, -0.2) is 25.8 Å². The van der Waals surface area contributed by atoms with Gasteiger partial charge in [0.25, 0.3) is 0 Å². The van der Waals surface area contributed by atoms with Gasteiger partial charge < -0.3 is 9.47 Å². The molecule has 0 aromatic heterocycles. The highest BCUT2D eigenvalue weighted by molar-refractivity contribution is 6.21. The van der Waals surface area contributed by atoms with Crippen LogP contribution in [-0.2, 0) is 19.1 Å². The molecule has 1 aliphatic rings. The summed E-state index contributed by atoms with van der Waals surface area (Å²) in [4.78, 5) is 23.8. The molecule has 0 saturated carbocycles. The zero-order chi connectivity index (χ0) is 13.7. The van der Waals surface area contributed by atoms with Crippen molar-refractivity contribution in [2.75, 3.05) is 14.2 Å². The molecule has 0 amide bonds. The fraction of sp³-hybridized carbons (Fsp3) is 0.429. The summed E-state index contributed by atoms with van der Waals surface area (Å²) in [6.45, 7) is 4.03. The first-order valence-corrected chi connectivity index (χ1v) is 5.82. The maximum absolute atomic E-state index is 12.1. The molecular formula is C14H18O4. The van der Waals surface area contributed by atoms with E-state index < -0.39 is 0 Å². The monoisotopic (exact) mass is 250 g/mol. The van der Waals surface area contributed by atoms with E-state index in [1.54, 1.807) is 0 Å². The van der Waals surface area contributed by atoms with Crippen LogP contribution >= 0.6 is 0 Å². The third-order valence-corrected chi connectivity index (χ3v) is 2.87. The van der Waals surface area contributed by atoms with Crippen molar-refractivity contribution >= 4 is 11.6 Å². The average molecular weight is 250 g/mol. The van der Waals surface area contributed by atoms with E-state index >= 15 is 0 Å². The molecule has 0 saturated heterocycles. The molecule has 18 heavy (non-hydrogen) atoms. The molecule has 1 aliphatic carbocycles. The van der Waals surface area contributed by atoms with Gasteiger partial charge in [0.05, 0.1) is 14.2 Å². The molecule has 0 aliphatic heterocycles. The van der Waals surface area contributed by atoms with Crippen LogP contribution in [0.25, 0.3) is 0 Å². The van der Waals surface area contributed by atoms with E-state index in [4.69, 9.17) is 9.47 Å². The molecule has 0 N–H and O–H groups in total. The van der Waals surface area contributed by atoms with Crippen molar-refractivity contribution in [3.63, 3.8) is 0 Å². The number of rotatable bonds is 5. The molecule has 0 unspecified atom stereocenters. The lowest BCUT2D eigenvalue weighted by Crippen LogP contribution is -2.21. The Morgan fingerprint density at radius 2 is 1.83 bits per heavy atom. The highest BCUT2D eigenvalue weighted by Crippen LogP contribution is 2.23. The summed E-state index contributed by atoms with van der Waals surface area (Å²) >= 11 is 0. The van der Waals surface area contributed by atoms with E-state index in [9.17, 15) is 9.59 Å². The van der Waals surface area contributed by atoms with Gasteiger partial charge in [-0.15, -0.1) is 0 Å². The second-order valence-electron chi connectivity index (χ2n) is 4.04. The Kier molecular flexibility index (Phi) is 4.89. The summed E-state index contributed by atoms with van der Waals surface area (Å²) in [5, 5.41) is 0. The molecule has 4 nitrogen and oxygen atoms in total. The number of allylic oxidation sites excluding steroid dienone is 4. The van der Waals surface area contributed by atoms with E-state index in [0.717, 1.165) is 6.42 Å². The molecule has 0 bridgehead atoms. The molecular weight excluding hydrogens is 232 g/mol. The third kappa shape index (κ3) is 2.88. The van der Waals surface area contributed by atoms with Gasteiger partial charge in [-0.3, -0.25) is 9.59 Å². The summed E-state index contributed by atoms with van der Waals surface area (Å²) in [5.74, 6) is -0.648. The number of carbonyl (C=O) groups excluding carboxylic acids is 2. The number of ether oxygens (including phenoxy) is 2. The van der Waals surface area contributed by atoms with Gasteiger partial charge in [0.2, 0.25) is 23.1 Å². The van der Waals surface area contributed by atoms with Crippen molar-refractivity contribution in [3.8, 4) is 0 Å². The van der Waals surface area contributed by atoms with Crippen molar-refractivity contribution < 1.29 is 19.1 Å². The van der Waals surface area contributed by atoms with Crippen LogP contribution in [0.5, 0.6) is 0 Å². The molecule has 0 radical (unpaired) electrons. The van der Waals surface area contributed by atoms with Crippen molar-refractivity contribution in [1.82, 2.24) is 0 Å². The number of carbonyl (C=O) groups is 2. The molecule has 0 atom stereocenters. The molecule has 0 aromatic rings. The van der Waals surface area contributed by atoms with Crippen LogP contribution in [0.1, 0.15) is 26.7 Å². The van der Waals surface area contributed by atoms with E-state index in [-0.39, 0.29) is 23.1 Å². The fourth-order valence-corrected chi connectivity index (χ4v) is 1.61. The van der Waals surface area contributed by atoms with Crippen molar-refractivity contribution in [1.29, 1.82) is 0 Å². The standard InChI is InChI=1S/C14H18O4/c1-5-9(2)6-7-10-8-11(15)13(17-3)14(18-4)12(10)16/h6,8H,5,7H2,1-4H3/b9-6+. The quantitative estimate of drug-likeness (QED) is 0.555. The smallest absolute Gasteiger partial charge is 0.228 e. The van der Waals surface area contributed by atoms with Gasteiger partial charge in [-0.2, -0.15) is 0 Å². The highest BCUT2D eigenvalue weighted by Gasteiger charge is 2.29. The lowest BCUT2D eigenvalue weighted by Gasteiger charge is -2.16. The SMILES string of the molecule is CC/C(C)=C/CC1=CC(=O)C(OC)=C(OC)C1=O. The topological polar surface area (TPSA) is 52.6 Å². The van der Waals surface area contributed by atoms with E-state index in [0.29, 0.717) is 12.0 Å². The summed E-state index contributed by atoms with van der Waals surface area (Å²) in [7, 11) is 2.70. The van der Waals surface area contributed by atoms with Crippen LogP contribution < -0.4 is 0 Å². The van der Waals surface area contributed by atoms with Crippen molar-refractivity contribution in [2.24, 2.45) is 0 Å². The minimum Gasteiger partial charge on any atom is -0.490 e. The minimum atomic E-state index is -0.327. The Bertz CT molecular complexity index is 452. The maximum Gasteiger partial charge on any atom is 0.228 e. The maximum atomic E-state index is 12.1. The lowest BCUT2D eigenvalue weighted by molar-refractivity contribution is -0.120. The van der Waals surface area contributed by atoms with Gasteiger partial charge >= 0.3 is 0 Å². The molecule has 1 rings (SSSR count). The normalized spacial score (nSPS) is 16.9. The summed E-state index contributed by atoms with van der Waals surface area (Å²) in [5.41, 5.74) is 1.61. The Morgan fingerprint density at radius 1 is 1.22 bits per heavy atom. The Balaban J connectivity index is 2.99.